The molecule has 0 aliphatic carbocycles. The summed E-state index contributed by atoms with van der Waals surface area (Å²) in [6.45, 7) is 6.41. The van der Waals surface area contributed by atoms with Crippen LogP contribution in [0.4, 0.5) is 0 Å². The van der Waals surface area contributed by atoms with Gasteiger partial charge in [-0.2, -0.15) is 0 Å². The first-order chi connectivity index (χ1) is 6.65. The third kappa shape index (κ3) is 3.30. The number of aryl methyl sites for hydroxylation is 1. The van der Waals surface area contributed by atoms with Crippen molar-refractivity contribution in [3.8, 4) is 0 Å². The summed E-state index contributed by atoms with van der Waals surface area (Å²) in [5.74, 6) is 1.05. The molecule has 0 unspecified atom stereocenters. The maximum absolute atomic E-state index is 5.26. The molecular formula is C11H14S3. The van der Waals surface area contributed by atoms with Crippen molar-refractivity contribution < 1.29 is 0 Å². The minimum atomic E-state index is 1.02. The highest BCUT2D eigenvalue weighted by molar-refractivity contribution is 8.47. The molecule has 0 saturated heterocycles. The van der Waals surface area contributed by atoms with Crippen molar-refractivity contribution in [1.29, 1.82) is 0 Å². The zero-order valence-electron chi connectivity index (χ0n) is 8.66. The van der Waals surface area contributed by atoms with Gasteiger partial charge in [0.05, 0.1) is 0 Å². The third-order valence-corrected chi connectivity index (χ3v) is 4.57. The zero-order chi connectivity index (χ0) is 10.6. The Morgan fingerprint density at radius 2 is 2.07 bits per heavy atom. The minimum absolute atomic E-state index is 1.02. The van der Waals surface area contributed by atoms with E-state index in [0.29, 0.717) is 0 Å². The maximum Gasteiger partial charge on any atom is 0.109 e. The number of hydrogen-bond donors (Lipinski definition) is 0. The van der Waals surface area contributed by atoms with Gasteiger partial charge in [0, 0.05) is 4.90 Å². The Hall–Kier alpha value is 0.01000. The Kier molecular flexibility index (Phi) is 4.99. The van der Waals surface area contributed by atoms with Crippen molar-refractivity contribution in [2.75, 3.05) is 5.75 Å². The van der Waals surface area contributed by atoms with E-state index < -0.39 is 0 Å². The van der Waals surface area contributed by atoms with Crippen LogP contribution in [0.15, 0.2) is 23.1 Å². The molecule has 0 atom stereocenters. The largest absolute Gasteiger partial charge is 0.109 e. The molecule has 0 N–H and O–H groups in total. The standard InChI is InChI=1S/C11H14S3/c1-4-13-11(12)14-10-7-5-6-8(2)9(10)3/h5-7H,4H2,1-3H3. The van der Waals surface area contributed by atoms with Gasteiger partial charge >= 0.3 is 0 Å². The Morgan fingerprint density at radius 1 is 1.36 bits per heavy atom. The molecule has 0 aromatic heterocycles. The average molecular weight is 242 g/mol. The molecule has 3 heteroatoms. The van der Waals surface area contributed by atoms with Crippen LogP contribution in [0.3, 0.4) is 0 Å². The second-order valence-corrected chi connectivity index (χ2v) is 6.49. The Bertz CT molecular complexity index is 331. The van der Waals surface area contributed by atoms with E-state index in [4.69, 9.17) is 12.2 Å². The fraction of sp³-hybridized carbons (Fsp3) is 0.364. The molecule has 0 spiro atoms. The SMILES string of the molecule is CCSC(=S)Sc1cccc(C)c1C. The molecule has 0 fully saturated rings. The van der Waals surface area contributed by atoms with E-state index in [0.717, 1.165) is 9.28 Å². The smallest absolute Gasteiger partial charge is 0.108 e. The molecule has 0 amide bonds. The lowest BCUT2D eigenvalue weighted by Crippen LogP contribution is -1.87. The van der Waals surface area contributed by atoms with Gasteiger partial charge < -0.3 is 0 Å². The topological polar surface area (TPSA) is 0 Å². The average Bonchev–Trinajstić information content (AvgIpc) is 2.13. The molecule has 1 rings (SSSR count). The number of rotatable bonds is 2. The van der Waals surface area contributed by atoms with Crippen molar-refractivity contribution in [3.63, 3.8) is 0 Å². The summed E-state index contributed by atoms with van der Waals surface area (Å²) in [6, 6.07) is 6.36. The highest BCUT2D eigenvalue weighted by atomic mass is 32.2. The van der Waals surface area contributed by atoms with Crippen LogP contribution in [0.2, 0.25) is 0 Å². The van der Waals surface area contributed by atoms with Crippen molar-refractivity contribution in [3.05, 3.63) is 29.3 Å². The maximum atomic E-state index is 5.26. The molecule has 0 aliphatic rings. The number of thiocarbonyl (C=S) groups is 1. The third-order valence-electron chi connectivity index (χ3n) is 2.01. The highest BCUT2D eigenvalue weighted by Gasteiger charge is 2.04. The Morgan fingerprint density at radius 3 is 2.71 bits per heavy atom. The van der Waals surface area contributed by atoms with E-state index in [1.54, 1.807) is 23.5 Å². The molecular weight excluding hydrogens is 228 g/mol. The summed E-state index contributed by atoms with van der Waals surface area (Å²) in [5, 5.41) is 0. The highest BCUT2D eigenvalue weighted by Crippen LogP contribution is 2.29. The van der Waals surface area contributed by atoms with Gasteiger partial charge in [-0.3, -0.25) is 0 Å². The monoisotopic (exact) mass is 242 g/mol. The Balaban J connectivity index is 2.76. The summed E-state index contributed by atoms with van der Waals surface area (Å²) in [7, 11) is 0. The van der Waals surface area contributed by atoms with E-state index in [1.165, 1.54) is 16.0 Å². The van der Waals surface area contributed by atoms with Crippen molar-refractivity contribution in [1.82, 2.24) is 0 Å². The van der Waals surface area contributed by atoms with Crippen LogP contribution < -0.4 is 0 Å². The van der Waals surface area contributed by atoms with Crippen LogP contribution in [-0.4, -0.2) is 9.28 Å². The van der Waals surface area contributed by atoms with Gasteiger partial charge in [0.15, 0.2) is 0 Å². The van der Waals surface area contributed by atoms with Crippen LogP contribution in [0, 0.1) is 13.8 Å². The summed E-state index contributed by atoms with van der Waals surface area (Å²) >= 11 is 8.70. The lowest BCUT2D eigenvalue weighted by atomic mass is 10.1. The van der Waals surface area contributed by atoms with E-state index in [-0.39, 0.29) is 0 Å². The number of thioether (sulfide) groups is 2. The van der Waals surface area contributed by atoms with Crippen LogP contribution in [0.5, 0.6) is 0 Å². The Labute approximate surface area is 99.9 Å². The van der Waals surface area contributed by atoms with Crippen molar-refractivity contribution in [2.24, 2.45) is 0 Å². The van der Waals surface area contributed by atoms with Crippen molar-refractivity contribution in [2.45, 2.75) is 25.7 Å². The molecule has 0 heterocycles. The summed E-state index contributed by atoms with van der Waals surface area (Å²) in [6.07, 6.45) is 0. The van der Waals surface area contributed by atoms with Gasteiger partial charge in [0.25, 0.3) is 0 Å². The predicted octanol–water partition coefficient (Wildman–Crippen LogP) is 4.43. The minimum Gasteiger partial charge on any atom is -0.108 e. The second kappa shape index (κ2) is 5.79. The predicted molar refractivity (Wildman–Crippen MR) is 72.5 cm³/mol. The van der Waals surface area contributed by atoms with Gasteiger partial charge in [-0.25, -0.2) is 0 Å². The first kappa shape index (κ1) is 12.1. The van der Waals surface area contributed by atoms with E-state index >= 15 is 0 Å². The van der Waals surface area contributed by atoms with Gasteiger partial charge in [-0.15, -0.1) is 11.8 Å². The van der Waals surface area contributed by atoms with Crippen LogP contribution in [0.1, 0.15) is 18.1 Å². The van der Waals surface area contributed by atoms with E-state index in [9.17, 15) is 0 Å². The molecule has 0 bridgehead atoms. The van der Waals surface area contributed by atoms with Crippen LogP contribution in [0.25, 0.3) is 0 Å². The first-order valence-electron chi connectivity index (χ1n) is 4.56. The molecule has 1 aromatic carbocycles. The fourth-order valence-electron chi connectivity index (χ4n) is 1.07. The summed E-state index contributed by atoms with van der Waals surface area (Å²) in [4.78, 5) is 1.29. The summed E-state index contributed by atoms with van der Waals surface area (Å²) in [5.41, 5.74) is 2.68. The number of benzene rings is 1. The van der Waals surface area contributed by atoms with Crippen LogP contribution >= 0.6 is 35.7 Å². The van der Waals surface area contributed by atoms with Crippen LogP contribution in [-0.2, 0) is 0 Å². The summed E-state index contributed by atoms with van der Waals surface area (Å²) < 4.78 is 1.02. The first-order valence-corrected chi connectivity index (χ1v) is 6.77. The fourth-order valence-corrected chi connectivity index (χ4v) is 3.43. The van der Waals surface area contributed by atoms with Gasteiger partial charge in [-0.05, 0) is 36.8 Å². The van der Waals surface area contributed by atoms with E-state index in [1.807, 2.05) is 0 Å². The number of hydrogen-bond acceptors (Lipinski definition) is 3. The quantitative estimate of drug-likeness (QED) is 0.556. The van der Waals surface area contributed by atoms with Gasteiger partial charge in [-0.1, -0.05) is 43.0 Å². The van der Waals surface area contributed by atoms with Gasteiger partial charge in [0.1, 0.15) is 3.53 Å². The zero-order valence-corrected chi connectivity index (χ0v) is 11.1. The molecule has 0 radical (unpaired) electrons. The second-order valence-electron chi connectivity index (χ2n) is 2.98. The molecule has 0 aliphatic heterocycles. The van der Waals surface area contributed by atoms with E-state index in [2.05, 4.69) is 39.0 Å². The molecule has 14 heavy (non-hydrogen) atoms. The molecule has 0 nitrogen and oxygen atoms in total. The molecule has 1 aromatic rings. The lowest BCUT2D eigenvalue weighted by Gasteiger charge is -2.07. The van der Waals surface area contributed by atoms with Gasteiger partial charge in [0.2, 0.25) is 0 Å². The van der Waals surface area contributed by atoms with Crippen molar-refractivity contribution >= 4 is 39.3 Å². The lowest BCUT2D eigenvalue weighted by molar-refractivity contribution is 1.23. The molecule has 76 valence electrons. The normalized spacial score (nSPS) is 10.2. The molecule has 0 saturated carbocycles.